The predicted molar refractivity (Wildman–Crippen MR) is 60.4 cm³/mol. The van der Waals surface area contributed by atoms with Crippen LogP contribution in [-0.2, 0) is 0 Å². The summed E-state index contributed by atoms with van der Waals surface area (Å²) in [5.41, 5.74) is 3.26. The van der Waals surface area contributed by atoms with Crippen molar-refractivity contribution < 1.29 is 9.32 Å². The molecule has 0 spiro atoms. The van der Waals surface area contributed by atoms with E-state index in [1.807, 2.05) is 32.0 Å². The summed E-state index contributed by atoms with van der Waals surface area (Å²) in [6, 6.07) is 7.37. The molecule has 82 valence electrons. The molecule has 2 rings (SSSR count). The molecule has 0 aliphatic carbocycles. The third-order valence-electron chi connectivity index (χ3n) is 2.30. The Morgan fingerprint density at radius 2 is 2.12 bits per heavy atom. The molecule has 2 aromatic rings. The molecule has 0 bridgehead atoms. The van der Waals surface area contributed by atoms with Gasteiger partial charge in [0.05, 0.1) is 0 Å². The number of rotatable bonds is 2. The van der Waals surface area contributed by atoms with Crippen LogP contribution in [0.15, 0.2) is 35.1 Å². The number of benzene rings is 1. The standard InChI is InChI=1S/C12H12N2O2/c1-8-3-4-10(9(2)7-8)13-12(15)11-5-6-16-14-11/h3-7H,1-2H3,(H,13,15). The van der Waals surface area contributed by atoms with Gasteiger partial charge in [0.2, 0.25) is 0 Å². The molecule has 0 saturated carbocycles. The number of anilines is 1. The molecule has 16 heavy (non-hydrogen) atoms. The van der Waals surface area contributed by atoms with E-state index in [1.165, 1.54) is 12.3 Å². The van der Waals surface area contributed by atoms with Gasteiger partial charge in [0, 0.05) is 11.8 Å². The summed E-state index contributed by atoms with van der Waals surface area (Å²) < 4.78 is 4.61. The predicted octanol–water partition coefficient (Wildman–Crippen LogP) is 2.54. The highest BCUT2D eigenvalue weighted by Crippen LogP contribution is 2.16. The van der Waals surface area contributed by atoms with Crippen molar-refractivity contribution in [3.8, 4) is 0 Å². The van der Waals surface area contributed by atoms with Crippen LogP contribution in [0.25, 0.3) is 0 Å². The summed E-state index contributed by atoms with van der Waals surface area (Å²) in [5, 5.41) is 6.35. The van der Waals surface area contributed by atoms with E-state index in [9.17, 15) is 4.79 Å². The Hall–Kier alpha value is -2.10. The summed E-state index contributed by atoms with van der Waals surface area (Å²) in [6.07, 6.45) is 1.37. The first-order chi connectivity index (χ1) is 7.66. The molecule has 4 nitrogen and oxygen atoms in total. The average Bonchev–Trinajstić information content (AvgIpc) is 2.75. The van der Waals surface area contributed by atoms with E-state index in [2.05, 4.69) is 15.0 Å². The van der Waals surface area contributed by atoms with Gasteiger partial charge in [-0.1, -0.05) is 22.9 Å². The van der Waals surface area contributed by atoms with Gasteiger partial charge in [-0.3, -0.25) is 4.79 Å². The molecule has 0 saturated heterocycles. The van der Waals surface area contributed by atoms with Crippen molar-refractivity contribution in [1.29, 1.82) is 0 Å². The summed E-state index contributed by atoms with van der Waals surface area (Å²) in [5.74, 6) is -0.263. The van der Waals surface area contributed by atoms with Crippen molar-refractivity contribution in [3.05, 3.63) is 47.3 Å². The first-order valence-corrected chi connectivity index (χ1v) is 4.96. The van der Waals surface area contributed by atoms with Gasteiger partial charge in [0.15, 0.2) is 5.69 Å². The van der Waals surface area contributed by atoms with Gasteiger partial charge in [0.25, 0.3) is 5.91 Å². The lowest BCUT2D eigenvalue weighted by Crippen LogP contribution is -2.13. The second-order valence-corrected chi connectivity index (χ2v) is 3.66. The zero-order chi connectivity index (χ0) is 11.5. The average molecular weight is 216 g/mol. The normalized spacial score (nSPS) is 10.1. The van der Waals surface area contributed by atoms with Gasteiger partial charge < -0.3 is 9.84 Å². The van der Waals surface area contributed by atoms with Crippen LogP contribution < -0.4 is 5.32 Å². The minimum atomic E-state index is -0.263. The summed E-state index contributed by atoms with van der Waals surface area (Å²) >= 11 is 0. The molecule has 1 aromatic heterocycles. The Morgan fingerprint density at radius 1 is 1.31 bits per heavy atom. The molecule has 1 aromatic carbocycles. The number of nitrogens with one attached hydrogen (secondary N) is 1. The van der Waals surface area contributed by atoms with Crippen LogP contribution in [0, 0.1) is 13.8 Å². The van der Waals surface area contributed by atoms with Gasteiger partial charge >= 0.3 is 0 Å². The number of amides is 1. The highest BCUT2D eigenvalue weighted by molar-refractivity contribution is 6.03. The summed E-state index contributed by atoms with van der Waals surface area (Å²) in [7, 11) is 0. The van der Waals surface area contributed by atoms with Gasteiger partial charge in [0.1, 0.15) is 6.26 Å². The second-order valence-electron chi connectivity index (χ2n) is 3.66. The van der Waals surface area contributed by atoms with Crippen LogP contribution in [0.5, 0.6) is 0 Å². The lowest BCUT2D eigenvalue weighted by atomic mass is 10.1. The number of carbonyl (C=O) groups excluding carboxylic acids is 1. The molecule has 0 aliphatic rings. The number of hydrogen-bond acceptors (Lipinski definition) is 3. The topological polar surface area (TPSA) is 55.1 Å². The van der Waals surface area contributed by atoms with Crippen LogP contribution >= 0.6 is 0 Å². The molecule has 1 N–H and O–H groups in total. The van der Waals surface area contributed by atoms with E-state index in [4.69, 9.17) is 0 Å². The molecule has 0 unspecified atom stereocenters. The Kier molecular flexibility index (Phi) is 2.72. The van der Waals surface area contributed by atoms with Crippen molar-refractivity contribution in [1.82, 2.24) is 5.16 Å². The van der Waals surface area contributed by atoms with Crippen LogP contribution in [0.3, 0.4) is 0 Å². The van der Waals surface area contributed by atoms with Gasteiger partial charge in [-0.15, -0.1) is 0 Å². The molecule has 1 amide bonds. The van der Waals surface area contributed by atoms with E-state index in [1.54, 1.807) is 0 Å². The van der Waals surface area contributed by atoms with E-state index < -0.39 is 0 Å². The van der Waals surface area contributed by atoms with E-state index in [0.717, 1.165) is 16.8 Å². The van der Waals surface area contributed by atoms with Crippen LogP contribution in [0.4, 0.5) is 5.69 Å². The van der Waals surface area contributed by atoms with Gasteiger partial charge in [-0.05, 0) is 25.5 Å². The molecular formula is C12H12N2O2. The second kappa shape index (κ2) is 4.18. The maximum Gasteiger partial charge on any atom is 0.277 e. The summed E-state index contributed by atoms with van der Waals surface area (Å²) in [6.45, 7) is 3.96. The molecule has 4 heteroatoms. The maximum absolute atomic E-state index is 11.7. The minimum absolute atomic E-state index is 0.263. The smallest absolute Gasteiger partial charge is 0.277 e. The first kappa shape index (κ1) is 10.4. The maximum atomic E-state index is 11.7. The minimum Gasteiger partial charge on any atom is -0.364 e. The molecule has 1 heterocycles. The lowest BCUT2D eigenvalue weighted by molar-refractivity contribution is 0.101. The highest BCUT2D eigenvalue weighted by Gasteiger charge is 2.10. The number of carbonyl (C=O) groups is 1. The number of aryl methyl sites for hydroxylation is 2. The van der Waals surface area contributed by atoms with Crippen molar-refractivity contribution in [2.75, 3.05) is 5.32 Å². The molecule has 0 radical (unpaired) electrons. The quantitative estimate of drug-likeness (QED) is 0.839. The molecule has 0 fully saturated rings. The van der Waals surface area contributed by atoms with Gasteiger partial charge in [-0.2, -0.15) is 0 Å². The Bertz CT molecular complexity index is 504. The highest BCUT2D eigenvalue weighted by atomic mass is 16.5. The van der Waals surface area contributed by atoms with Crippen LogP contribution in [0.1, 0.15) is 21.6 Å². The van der Waals surface area contributed by atoms with E-state index in [-0.39, 0.29) is 11.6 Å². The SMILES string of the molecule is Cc1ccc(NC(=O)c2ccon2)c(C)c1. The van der Waals surface area contributed by atoms with Gasteiger partial charge in [-0.25, -0.2) is 0 Å². The fourth-order valence-corrected chi connectivity index (χ4v) is 1.47. The van der Waals surface area contributed by atoms with Crippen molar-refractivity contribution in [3.63, 3.8) is 0 Å². The largest absolute Gasteiger partial charge is 0.364 e. The van der Waals surface area contributed by atoms with Crippen molar-refractivity contribution in [2.45, 2.75) is 13.8 Å². The van der Waals surface area contributed by atoms with Crippen LogP contribution in [0.2, 0.25) is 0 Å². The monoisotopic (exact) mass is 216 g/mol. The zero-order valence-corrected chi connectivity index (χ0v) is 9.15. The van der Waals surface area contributed by atoms with E-state index in [0.29, 0.717) is 0 Å². The van der Waals surface area contributed by atoms with Crippen LogP contribution in [-0.4, -0.2) is 11.1 Å². The number of nitrogens with zero attached hydrogens (tertiary/aromatic N) is 1. The summed E-state index contributed by atoms with van der Waals surface area (Å²) in [4.78, 5) is 11.7. The fraction of sp³-hybridized carbons (Fsp3) is 0.167. The Labute approximate surface area is 93.3 Å². The fourth-order valence-electron chi connectivity index (χ4n) is 1.47. The third kappa shape index (κ3) is 2.11. The molecular weight excluding hydrogens is 204 g/mol. The molecule has 0 atom stereocenters. The first-order valence-electron chi connectivity index (χ1n) is 4.96. The Balaban J connectivity index is 2.18. The lowest BCUT2D eigenvalue weighted by Gasteiger charge is -2.07. The molecule has 0 aliphatic heterocycles. The van der Waals surface area contributed by atoms with Crippen molar-refractivity contribution in [2.24, 2.45) is 0 Å². The van der Waals surface area contributed by atoms with E-state index >= 15 is 0 Å². The third-order valence-corrected chi connectivity index (χ3v) is 2.30. The zero-order valence-electron chi connectivity index (χ0n) is 9.15. The van der Waals surface area contributed by atoms with Crippen molar-refractivity contribution >= 4 is 11.6 Å². The number of hydrogen-bond donors (Lipinski definition) is 1. The number of aromatic nitrogens is 1. The Morgan fingerprint density at radius 3 is 2.75 bits per heavy atom.